The van der Waals surface area contributed by atoms with Crippen LogP contribution < -0.4 is 4.74 Å². The number of rotatable bonds is 4. The second kappa shape index (κ2) is 6.35. The Bertz CT molecular complexity index is 589. The van der Waals surface area contributed by atoms with Gasteiger partial charge in [-0.2, -0.15) is 10.2 Å². The molecule has 0 fully saturated rings. The minimum absolute atomic E-state index is 0.186. The molecule has 4 heteroatoms. The Labute approximate surface area is 111 Å². The van der Waals surface area contributed by atoms with Crippen molar-refractivity contribution in [2.75, 3.05) is 7.11 Å². The molecule has 0 radical (unpaired) electrons. The normalized spacial score (nSPS) is 11.2. The van der Waals surface area contributed by atoms with E-state index in [-0.39, 0.29) is 5.75 Å². The first-order chi connectivity index (χ1) is 9.29. The van der Waals surface area contributed by atoms with Gasteiger partial charge in [0.2, 0.25) is 0 Å². The van der Waals surface area contributed by atoms with Crippen LogP contribution in [0.4, 0.5) is 0 Å². The summed E-state index contributed by atoms with van der Waals surface area (Å²) < 4.78 is 5.06. The van der Waals surface area contributed by atoms with Crippen molar-refractivity contribution in [1.29, 1.82) is 0 Å². The summed E-state index contributed by atoms with van der Waals surface area (Å²) in [7, 11) is 1.62. The Kier molecular flexibility index (Phi) is 4.29. The summed E-state index contributed by atoms with van der Waals surface area (Å²) in [4.78, 5) is 0. The van der Waals surface area contributed by atoms with Gasteiger partial charge in [-0.05, 0) is 42.0 Å². The van der Waals surface area contributed by atoms with Crippen molar-refractivity contribution in [3.63, 3.8) is 0 Å². The highest BCUT2D eigenvalue weighted by molar-refractivity contribution is 5.84. The molecule has 0 saturated heterocycles. The Morgan fingerprint density at radius 3 is 2.32 bits per heavy atom. The van der Waals surface area contributed by atoms with Crippen LogP contribution in [0.15, 0.2) is 58.7 Å². The van der Waals surface area contributed by atoms with E-state index in [0.717, 1.165) is 11.3 Å². The van der Waals surface area contributed by atoms with Gasteiger partial charge in [0.15, 0.2) is 0 Å². The number of hydrogen-bond donors (Lipinski definition) is 1. The zero-order chi connectivity index (χ0) is 13.5. The van der Waals surface area contributed by atoms with Gasteiger partial charge in [-0.3, -0.25) is 0 Å². The number of para-hydroxylation sites is 1. The molecule has 96 valence electrons. The summed E-state index contributed by atoms with van der Waals surface area (Å²) in [5, 5.41) is 17.3. The molecule has 1 N–H and O–H groups in total. The topological polar surface area (TPSA) is 54.2 Å². The monoisotopic (exact) mass is 254 g/mol. The van der Waals surface area contributed by atoms with Crippen LogP contribution in [0.25, 0.3) is 0 Å². The molecule has 0 aliphatic carbocycles. The summed E-state index contributed by atoms with van der Waals surface area (Å²) in [6.45, 7) is 0. The number of ether oxygens (including phenoxy) is 1. The van der Waals surface area contributed by atoms with E-state index in [9.17, 15) is 5.11 Å². The average molecular weight is 254 g/mol. The third kappa shape index (κ3) is 3.67. The standard InChI is InChI=1S/C15H14N2O2/c1-19-14-8-6-12(7-9-14)10-16-17-11-13-4-2-3-5-15(13)18/h2-11,18H,1H3/b16-10-,17-11-. The van der Waals surface area contributed by atoms with Crippen LogP contribution in [0, 0.1) is 0 Å². The molecule has 0 saturated carbocycles. The van der Waals surface area contributed by atoms with Crippen LogP contribution in [0.1, 0.15) is 11.1 Å². The third-order valence-corrected chi connectivity index (χ3v) is 2.52. The van der Waals surface area contributed by atoms with E-state index in [1.165, 1.54) is 6.21 Å². The minimum Gasteiger partial charge on any atom is -0.507 e. The van der Waals surface area contributed by atoms with Crippen molar-refractivity contribution in [3.05, 3.63) is 59.7 Å². The first-order valence-electron chi connectivity index (χ1n) is 5.78. The number of nitrogens with zero attached hydrogens (tertiary/aromatic N) is 2. The van der Waals surface area contributed by atoms with E-state index in [1.807, 2.05) is 30.3 Å². The van der Waals surface area contributed by atoms with Crippen molar-refractivity contribution in [3.8, 4) is 11.5 Å². The van der Waals surface area contributed by atoms with E-state index >= 15 is 0 Å². The van der Waals surface area contributed by atoms with Crippen LogP contribution in [0.5, 0.6) is 11.5 Å². The van der Waals surface area contributed by atoms with Crippen molar-refractivity contribution in [2.24, 2.45) is 10.2 Å². The van der Waals surface area contributed by atoms with Gasteiger partial charge in [-0.1, -0.05) is 12.1 Å². The number of aromatic hydroxyl groups is 1. The number of phenolic OH excluding ortho intramolecular Hbond substituents is 1. The molecule has 0 atom stereocenters. The second-order valence-corrected chi connectivity index (χ2v) is 3.82. The van der Waals surface area contributed by atoms with E-state index < -0.39 is 0 Å². The highest BCUT2D eigenvalue weighted by Gasteiger charge is 1.93. The SMILES string of the molecule is COc1ccc(/C=N\N=C/c2ccccc2O)cc1. The summed E-state index contributed by atoms with van der Waals surface area (Å²) in [6.07, 6.45) is 3.14. The lowest BCUT2D eigenvalue weighted by Crippen LogP contribution is -1.84. The molecule has 0 aromatic heterocycles. The van der Waals surface area contributed by atoms with Gasteiger partial charge in [0.25, 0.3) is 0 Å². The number of benzene rings is 2. The molecule has 0 spiro atoms. The van der Waals surface area contributed by atoms with Gasteiger partial charge in [0.05, 0.1) is 19.5 Å². The molecule has 0 bridgehead atoms. The van der Waals surface area contributed by atoms with Crippen LogP contribution in [0.3, 0.4) is 0 Å². The zero-order valence-electron chi connectivity index (χ0n) is 10.5. The van der Waals surface area contributed by atoms with E-state index in [2.05, 4.69) is 10.2 Å². The van der Waals surface area contributed by atoms with Crippen LogP contribution >= 0.6 is 0 Å². The number of methoxy groups -OCH3 is 1. The van der Waals surface area contributed by atoms with Gasteiger partial charge in [-0.25, -0.2) is 0 Å². The fourth-order valence-corrected chi connectivity index (χ4v) is 1.48. The molecule has 4 nitrogen and oxygen atoms in total. The molecular formula is C15H14N2O2. The van der Waals surface area contributed by atoms with Crippen molar-refractivity contribution < 1.29 is 9.84 Å². The van der Waals surface area contributed by atoms with Gasteiger partial charge in [0, 0.05) is 5.56 Å². The number of phenols is 1. The lowest BCUT2D eigenvalue weighted by molar-refractivity contribution is 0.415. The molecule has 0 amide bonds. The average Bonchev–Trinajstić information content (AvgIpc) is 2.46. The number of hydrogen-bond acceptors (Lipinski definition) is 4. The van der Waals surface area contributed by atoms with E-state index in [0.29, 0.717) is 5.56 Å². The van der Waals surface area contributed by atoms with Gasteiger partial charge >= 0.3 is 0 Å². The fraction of sp³-hybridized carbons (Fsp3) is 0.0667. The van der Waals surface area contributed by atoms with Crippen LogP contribution in [0.2, 0.25) is 0 Å². The van der Waals surface area contributed by atoms with Gasteiger partial charge < -0.3 is 9.84 Å². The molecule has 0 aliphatic heterocycles. The maximum Gasteiger partial charge on any atom is 0.124 e. The lowest BCUT2D eigenvalue weighted by atomic mass is 10.2. The largest absolute Gasteiger partial charge is 0.507 e. The zero-order valence-corrected chi connectivity index (χ0v) is 10.5. The third-order valence-electron chi connectivity index (χ3n) is 2.52. The summed E-state index contributed by atoms with van der Waals surface area (Å²) >= 11 is 0. The molecular weight excluding hydrogens is 240 g/mol. The van der Waals surface area contributed by atoms with Gasteiger partial charge in [-0.15, -0.1) is 0 Å². The molecule has 2 rings (SSSR count). The fourth-order valence-electron chi connectivity index (χ4n) is 1.48. The molecule has 2 aromatic rings. The Balaban J connectivity index is 2.01. The molecule has 0 heterocycles. The van der Waals surface area contributed by atoms with Crippen LogP contribution in [-0.4, -0.2) is 24.6 Å². The predicted molar refractivity (Wildman–Crippen MR) is 76.3 cm³/mol. The van der Waals surface area contributed by atoms with E-state index in [1.54, 1.807) is 31.5 Å². The Hall–Kier alpha value is -2.62. The lowest BCUT2D eigenvalue weighted by Gasteiger charge is -1.98. The van der Waals surface area contributed by atoms with Crippen LogP contribution in [-0.2, 0) is 0 Å². The molecule has 19 heavy (non-hydrogen) atoms. The van der Waals surface area contributed by atoms with Crippen molar-refractivity contribution in [2.45, 2.75) is 0 Å². The molecule has 0 aliphatic rings. The first-order valence-corrected chi connectivity index (χ1v) is 5.78. The maximum absolute atomic E-state index is 9.53. The van der Waals surface area contributed by atoms with Crippen molar-refractivity contribution >= 4 is 12.4 Å². The minimum atomic E-state index is 0.186. The summed E-state index contributed by atoms with van der Waals surface area (Å²) in [6, 6.07) is 14.4. The predicted octanol–water partition coefficient (Wildman–Crippen LogP) is 2.85. The Morgan fingerprint density at radius 1 is 0.947 bits per heavy atom. The smallest absolute Gasteiger partial charge is 0.124 e. The molecule has 2 aromatic carbocycles. The van der Waals surface area contributed by atoms with Crippen molar-refractivity contribution in [1.82, 2.24) is 0 Å². The maximum atomic E-state index is 9.53. The summed E-state index contributed by atoms with van der Waals surface area (Å²) in [5.74, 6) is 0.987. The summed E-state index contributed by atoms with van der Waals surface area (Å²) in [5.41, 5.74) is 1.56. The highest BCUT2D eigenvalue weighted by atomic mass is 16.5. The second-order valence-electron chi connectivity index (χ2n) is 3.82. The van der Waals surface area contributed by atoms with Gasteiger partial charge in [0.1, 0.15) is 11.5 Å². The first kappa shape index (κ1) is 12.8. The highest BCUT2D eigenvalue weighted by Crippen LogP contribution is 2.13. The van der Waals surface area contributed by atoms with E-state index in [4.69, 9.17) is 4.74 Å². The molecule has 0 unspecified atom stereocenters. The quantitative estimate of drug-likeness (QED) is 0.673. The Morgan fingerprint density at radius 2 is 1.63 bits per heavy atom.